The zero-order chi connectivity index (χ0) is 14.7. The Hall–Kier alpha value is -1.22. The quantitative estimate of drug-likeness (QED) is 0.731. The van der Waals surface area contributed by atoms with Crippen LogP contribution in [0.4, 0.5) is 0 Å². The summed E-state index contributed by atoms with van der Waals surface area (Å²) in [5.41, 5.74) is 1.06. The van der Waals surface area contributed by atoms with Gasteiger partial charge in [-0.15, -0.1) is 0 Å². The monoisotopic (exact) mass is 328 g/mol. The van der Waals surface area contributed by atoms with Crippen molar-refractivity contribution in [1.29, 1.82) is 0 Å². The summed E-state index contributed by atoms with van der Waals surface area (Å²) in [4.78, 5) is 12.4. The summed E-state index contributed by atoms with van der Waals surface area (Å²) in [6.45, 7) is 0. The minimum absolute atomic E-state index is 0.108. The summed E-state index contributed by atoms with van der Waals surface area (Å²) in [5, 5.41) is 1.45. The lowest BCUT2D eigenvalue weighted by atomic mass is 10.0. The number of ketones is 1. The standard InChI is InChI=1S/C15H11Cl3O2/c1-20-15-7-9(16)5-6-10(15)14(19)8-11-12(17)3-2-4-13(11)18/h2-7H,8H2,1H3. The molecule has 0 saturated heterocycles. The zero-order valence-corrected chi connectivity index (χ0v) is 12.9. The number of hydrogen-bond acceptors (Lipinski definition) is 2. The number of methoxy groups -OCH3 is 1. The van der Waals surface area contributed by atoms with E-state index in [1.165, 1.54) is 7.11 Å². The molecule has 0 spiro atoms. The Morgan fingerprint density at radius 3 is 2.35 bits per heavy atom. The molecule has 104 valence electrons. The summed E-state index contributed by atoms with van der Waals surface area (Å²) in [7, 11) is 1.49. The molecule has 2 rings (SSSR count). The van der Waals surface area contributed by atoms with Crippen LogP contribution in [0.25, 0.3) is 0 Å². The van der Waals surface area contributed by atoms with Crippen molar-refractivity contribution >= 4 is 40.6 Å². The molecule has 0 N–H and O–H groups in total. The first-order valence-electron chi connectivity index (χ1n) is 5.82. The Balaban J connectivity index is 2.33. The molecule has 5 heteroatoms. The molecule has 0 radical (unpaired) electrons. The van der Waals surface area contributed by atoms with Crippen LogP contribution >= 0.6 is 34.8 Å². The Kier molecular flexibility index (Phi) is 4.92. The van der Waals surface area contributed by atoms with Crippen LogP contribution in [0, 0.1) is 0 Å². The van der Waals surface area contributed by atoms with Crippen molar-refractivity contribution in [2.75, 3.05) is 7.11 Å². The number of benzene rings is 2. The van der Waals surface area contributed by atoms with E-state index < -0.39 is 0 Å². The van der Waals surface area contributed by atoms with E-state index in [0.29, 0.717) is 31.9 Å². The van der Waals surface area contributed by atoms with Gasteiger partial charge in [0.1, 0.15) is 5.75 Å². The molecule has 20 heavy (non-hydrogen) atoms. The van der Waals surface area contributed by atoms with Gasteiger partial charge in [-0.1, -0.05) is 40.9 Å². The Morgan fingerprint density at radius 2 is 1.75 bits per heavy atom. The van der Waals surface area contributed by atoms with Gasteiger partial charge >= 0.3 is 0 Å². The van der Waals surface area contributed by atoms with Crippen molar-refractivity contribution in [3.05, 3.63) is 62.6 Å². The van der Waals surface area contributed by atoms with Crippen LogP contribution in [-0.2, 0) is 6.42 Å². The lowest BCUT2D eigenvalue weighted by Crippen LogP contribution is -2.06. The SMILES string of the molecule is COc1cc(Cl)ccc1C(=O)Cc1c(Cl)cccc1Cl. The molecule has 0 fully saturated rings. The van der Waals surface area contributed by atoms with Crippen LogP contribution in [0.1, 0.15) is 15.9 Å². The van der Waals surface area contributed by atoms with E-state index in [0.717, 1.165) is 0 Å². The van der Waals surface area contributed by atoms with Crippen LogP contribution in [0.3, 0.4) is 0 Å². The first kappa shape index (κ1) is 15.2. The molecule has 2 nitrogen and oxygen atoms in total. The highest BCUT2D eigenvalue weighted by Gasteiger charge is 2.16. The predicted molar refractivity (Wildman–Crippen MR) is 82.5 cm³/mol. The summed E-state index contributed by atoms with van der Waals surface area (Å²) in [6, 6.07) is 10.0. The maximum Gasteiger partial charge on any atom is 0.171 e. The molecule has 0 aromatic heterocycles. The van der Waals surface area contributed by atoms with E-state index >= 15 is 0 Å². The number of hydrogen-bond donors (Lipinski definition) is 0. The number of rotatable bonds is 4. The largest absolute Gasteiger partial charge is 0.496 e. The predicted octanol–water partition coefficient (Wildman–Crippen LogP) is 5.08. The van der Waals surface area contributed by atoms with Gasteiger partial charge in [0.15, 0.2) is 5.78 Å². The number of ether oxygens (including phenoxy) is 1. The summed E-state index contributed by atoms with van der Waals surface area (Å²) in [5.74, 6) is 0.305. The summed E-state index contributed by atoms with van der Waals surface area (Å²) < 4.78 is 5.17. The molecule has 0 aliphatic carbocycles. The topological polar surface area (TPSA) is 26.3 Å². The van der Waals surface area contributed by atoms with Gasteiger partial charge in [0.25, 0.3) is 0 Å². The fourth-order valence-electron chi connectivity index (χ4n) is 1.85. The second-order valence-electron chi connectivity index (χ2n) is 4.14. The van der Waals surface area contributed by atoms with Gasteiger partial charge in [0.05, 0.1) is 12.7 Å². The normalized spacial score (nSPS) is 10.4. The molecule has 0 amide bonds. The lowest BCUT2D eigenvalue weighted by Gasteiger charge is -2.10. The second kappa shape index (κ2) is 6.49. The van der Waals surface area contributed by atoms with Gasteiger partial charge in [0, 0.05) is 21.5 Å². The van der Waals surface area contributed by atoms with Gasteiger partial charge < -0.3 is 4.74 Å². The van der Waals surface area contributed by atoms with Crippen molar-refractivity contribution in [1.82, 2.24) is 0 Å². The molecule has 0 bridgehead atoms. The third-order valence-corrected chi connectivity index (χ3v) is 3.81. The van der Waals surface area contributed by atoms with E-state index in [1.807, 2.05) is 0 Å². The van der Waals surface area contributed by atoms with Crippen LogP contribution < -0.4 is 4.74 Å². The third-order valence-electron chi connectivity index (χ3n) is 2.86. The fourth-order valence-corrected chi connectivity index (χ4v) is 2.55. The van der Waals surface area contributed by atoms with Crippen LogP contribution in [0.15, 0.2) is 36.4 Å². The van der Waals surface area contributed by atoms with E-state index in [1.54, 1.807) is 36.4 Å². The van der Waals surface area contributed by atoms with Crippen LogP contribution in [0.2, 0.25) is 15.1 Å². The van der Waals surface area contributed by atoms with Gasteiger partial charge in [-0.2, -0.15) is 0 Å². The maximum absolute atomic E-state index is 12.4. The summed E-state index contributed by atoms with van der Waals surface area (Å²) in [6.07, 6.45) is 0.108. The second-order valence-corrected chi connectivity index (χ2v) is 5.40. The Morgan fingerprint density at radius 1 is 1.10 bits per heavy atom. The van der Waals surface area contributed by atoms with E-state index in [4.69, 9.17) is 39.5 Å². The van der Waals surface area contributed by atoms with Gasteiger partial charge in [-0.25, -0.2) is 0 Å². The van der Waals surface area contributed by atoms with Gasteiger partial charge in [-0.3, -0.25) is 4.79 Å². The number of carbonyl (C=O) groups excluding carboxylic acids is 1. The number of carbonyl (C=O) groups is 1. The highest BCUT2D eigenvalue weighted by Crippen LogP contribution is 2.28. The smallest absolute Gasteiger partial charge is 0.171 e. The number of halogens is 3. The molecule has 2 aromatic carbocycles. The van der Waals surface area contributed by atoms with Crippen LogP contribution in [0.5, 0.6) is 5.75 Å². The third kappa shape index (κ3) is 3.26. The highest BCUT2D eigenvalue weighted by molar-refractivity contribution is 6.36. The molecule has 0 aliphatic rings. The minimum atomic E-state index is -0.131. The lowest BCUT2D eigenvalue weighted by molar-refractivity contribution is 0.0990. The molecular weight excluding hydrogens is 319 g/mol. The Labute approximate surface area is 132 Å². The molecule has 0 unspecified atom stereocenters. The van der Waals surface area contributed by atoms with E-state index in [2.05, 4.69) is 0 Å². The van der Waals surface area contributed by atoms with E-state index in [9.17, 15) is 4.79 Å². The molecule has 0 heterocycles. The first-order valence-corrected chi connectivity index (χ1v) is 6.96. The zero-order valence-electron chi connectivity index (χ0n) is 10.6. The first-order chi connectivity index (χ1) is 9.52. The average molecular weight is 330 g/mol. The van der Waals surface area contributed by atoms with E-state index in [-0.39, 0.29) is 12.2 Å². The van der Waals surface area contributed by atoms with Gasteiger partial charge in [-0.05, 0) is 35.9 Å². The molecule has 2 aromatic rings. The fraction of sp³-hybridized carbons (Fsp3) is 0.133. The van der Waals surface area contributed by atoms with Crippen molar-refractivity contribution in [2.45, 2.75) is 6.42 Å². The van der Waals surface area contributed by atoms with Gasteiger partial charge in [0.2, 0.25) is 0 Å². The van der Waals surface area contributed by atoms with Crippen LogP contribution in [-0.4, -0.2) is 12.9 Å². The molecular formula is C15H11Cl3O2. The molecule has 0 saturated carbocycles. The number of Topliss-reactive ketones (excluding diaryl/α,β-unsaturated/α-hetero) is 1. The molecule has 0 atom stereocenters. The molecule has 0 aliphatic heterocycles. The van der Waals surface area contributed by atoms with Crippen molar-refractivity contribution in [3.63, 3.8) is 0 Å². The van der Waals surface area contributed by atoms with Crippen molar-refractivity contribution in [2.24, 2.45) is 0 Å². The Bertz CT molecular complexity index is 633. The van der Waals surface area contributed by atoms with Crippen molar-refractivity contribution < 1.29 is 9.53 Å². The maximum atomic E-state index is 12.4. The average Bonchev–Trinajstić information content (AvgIpc) is 2.42. The summed E-state index contributed by atoms with van der Waals surface area (Å²) >= 11 is 18.0. The highest BCUT2D eigenvalue weighted by atomic mass is 35.5. The minimum Gasteiger partial charge on any atom is -0.496 e. The van der Waals surface area contributed by atoms with Crippen molar-refractivity contribution in [3.8, 4) is 5.75 Å².